The molecule has 2 rings (SSSR count). The standard InChI is InChI=1S/C28H41FN4O5/c1-28(2,3)21(16-25(36)38-18-19-9-5-4-6-10-19)26(37)33-14-8-12-22(33)23(34)15-20(24(35)17-29)11-7-13-32-27(30)31/h4-6,9-10,20-22H,7-8,11-18H2,1-3H3,(H4,30,31,32)/t20-,21-,22+/m1/s1. The molecule has 1 aromatic rings. The van der Waals surface area contributed by atoms with Gasteiger partial charge in [-0.1, -0.05) is 51.1 Å². The number of likely N-dealkylation sites (tertiary alicyclic amines) is 1. The predicted molar refractivity (Wildman–Crippen MR) is 143 cm³/mol. The first-order valence-electron chi connectivity index (χ1n) is 13.1. The van der Waals surface area contributed by atoms with E-state index in [-0.39, 0.29) is 50.1 Å². The maximum atomic E-state index is 13.7. The molecule has 0 unspecified atom stereocenters. The summed E-state index contributed by atoms with van der Waals surface area (Å²) < 4.78 is 18.6. The Labute approximate surface area is 224 Å². The molecule has 0 saturated carbocycles. The molecular weight excluding hydrogens is 491 g/mol. The summed E-state index contributed by atoms with van der Waals surface area (Å²) in [6.45, 7) is 5.23. The Hall–Kier alpha value is -3.30. The third-order valence-electron chi connectivity index (χ3n) is 6.90. The summed E-state index contributed by atoms with van der Waals surface area (Å²) in [5, 5.41) is 0. The molecule has 3 atom stereocenters. The maximum absolute atomic E-state index is 13.7. The quantitative estimate of drug-likeness (QED) is 0.162. The van der Waals surface area contributed by atoms with Crippen LogP contribution in [0.2, 0.25) is 0 Å². The smallest absolute Gasteiger partial charge is 0.306 e. The lowest BCUT2D eigenvalue weighted by Crippen LogP contribution is -2.47. The molecule has 1 heterocycles. The van der Waals surface area contributed by atoms with Crippen LogP contribution in [0.15, 0.2) is 35.3 Å². The average Bonchev–Trinajstić information content (AvgIpc) is 3.37. The van der Waals surface area contributed by atoms with E-state index in [1.165, 1.54) is 4.90 Å². The zero-order valence-electron chi connectivity index (χ0n) is 22.7. The number of amides is 1. The Bertz CT molecular complexity index is 989. The molecule has 1 amide bonds. The van der Waals surface area contributed by atoms with Gasteiger partial charge in [-0.2, -0.15) is 0 Å². The third kappa shape index (κ3) is 9.54. The van der Waals surface area contributed by atoms with Gasteiger partial charge in [0.25, 0.3) is 0 Å². The summed E-state index contributed by atoms with van der Waals surface area (Å²) in [5.41, 5.74) is 10.9. The highest BCUT2D eigenvalue weighted by molar-refractivity contribution is 5.94. The van der Waals surface area contributed by atoms with Gasteiger partial charge in [0.15, 0.2) is 17.5 Å². The van der Waals surface area contributed by atoms with Crippen LogP contribution in [0.25, 0.3) is 0 Å². The Kier molecular flexibility index (Phi) is 11.9. The molecule has 0 spiro atoms. The largest absolute Gasteiger partial charge is 0.461 e. The second-order valence-corrected chi connectivity index (χ2v) is 10.9. The Balaban J connectivity index is 2.07. The topological polar surface area (TPSA) is 145 Å². The van der Waals surface area contributed by atoms with Crippen molar-refractivity contribution in [2.75, 3.05) is 19.8 Å². The zero-order chi connectivity index (χ0) is 28.3. The maximum Gasteiger partial charge on any atom is 0.306 e. The van der Waals surface area contributed by atoms with Gasteiger partial charge in [0, 0.05) is 25.4 Å². The van der Waals surface area contributed by atoms with E-state index in [0.717, 1.165) is 5.56 Å². The lowest BCUT2D eigenvalue weighted by molar-refractivity contribution is -0.154. The minimum absolute atomic E-state index is 0.0769. The Morgan fingerprint density at radius 3 is 2.42 bits per heavy atom. The minimum atomic E-state index is -1.16. The van der Waals surface area contributed by atoms with Gasteiger partial charge in [0.1, 0.15) is 13.3 Å². The average molecular weight is 533 g/mol. The highest BCUT2D eigenvalue weighted by Crippen LogP contribution is 2.34. The van der Waals surface area contributed by atoms with E-state index < -0.39 is 41.7 Å². The van der Waals surface area contributed by atoms with Crippen LogP contribution in [-0.2, 0) is 30.5 Å². The number of guanidine groups is 1. The number of benzene rings is 1. The fraction of sp³-hybridized carbons (Fsp3) is 0.607. The van der Waals surface area contributed by atoms with Crippen LogP contribution >= 0.6 is 0 Å². The number of carbonyl (C=O) groups is 4. The number of nitrogens with two attached hydrogens (primary N) is 2. The molecule has 1 aromatic carbocycles. The summed E-state index contributed by atoms with van der Waals surface area (Å²) in [6, 6.07) is 8.57. The number of esters is 1. The highest BCUT2D eigenvalue weighted by Gasteiger charge is 2.42. The molecule has 0 radical (unpaired) electrons. The van der Waals surface area contributed by atoms with Crippen LogP contribution < -0.4 is 11.5 Å². The summed E-state index contributed by atoms with van der Waals surface area (Å²) in [5.74, 6) is -3.26. The van der Waals surface area contributed by atoms with E-state index in [4.69, 9.17) is 16.2 Å². The number of hydrogen-bond acceptors (Lipinski definition) is 6. The fourth-order valence-electron chi connectivity index (χ4n) is 4.70. The van der Waals surface area contributed by atoms with Crippen molar-refractivity contribution < 1.29 is 28.3 Å². The monoisotopic (exact) mass is 532 g/mol. The second-order valence-electron chi connectivity index (χ2n) is 10.9. The van der Waals surface area contributed by atoms with Gasteiger partial charge in [-0.05, 0) is 36.7 Å². The summed E-state index contributed by atoms with van der Waals surface area (Å²) >= 11 is 0. The van der Waals surface area contributed by atoms with Gasteiger partial charge >= 0.3 is 5.97 Å². The van der Waals surface area contributed by atoms with Gasteiger partial charge in [-0.25, -0.2) is 4.39 Å². The number of ether oxygens (including phenoxy) is 1. The Morgan fingerprint density at radius 1 is 1.13 bits per heavy atom. The van der Waals surface area contributed by atoms with Crippen molar-refractivity contribution in [3.63, 3.8) is 0 Å². The van der Waals surface area contributed by atoms with Crippen LogP contribution in [0.1, 0.15) is 64.9 Å². The van der Waals surface area contributed by atoms with Gasteiger partial charge < -0.3 is 21.1 Å². The first-order valence-corrected chi connectivity index (χ1v) is 13.1. The summed E-state index contributed by atoms with van der Waals surface area (Å²) in [6.07, 6.45) is 1.52. The highest BCUT2D eigenvalue weighted by atomic mass is 19.1. The number of aliphatic imine (C=N–C) groups is 1. The summed E-state index contributed by atoms with van der Waals surface area (Å²) in [7, 11) is 0. The molecule has 210 valence electrons. The van der Waals surface area contributed by atoms with Crippen molar-refractivity contribution in [1.82, 2.24) is 4.90 Å². The minimum Gasteiger partial charge on any atom is -0.461 e. The molecule has 0 aromatic heterocycles. The van der Waals surface area contributed by atoms with Crippen molar-refractivity contribution in [3.05, 3.63) is 35.9 Å². The molecule has 1 fully saturated rings. The van der Waals surface area contributed by atoms with Crippen LogP contribution in [0.4, 0.5) is 4.39 Å². The molecular formula is C28H41FN4O5. The number of halogens is 1. The number of alkyl halides is 1. The molecule has 1 saturated heterocycles. The molecule has 0 aliphatic carbocycles. The van der Waals surface area contributed by atoms with E-state index >= 15 is 0 Å². The first kappa shape index (κ1) is 30.9. The number of hydrogen-bond donors (Lipinski definition) is 2. The molecule has 38 heavy (non-hydrogen) atoms. The van der Waals surface area contributed by atoms with E-state index in [0.29, 0.717) is 25.8 Å². The molecule has 1 aliphatic heterocycles. The van der Waals surface area contributed by atoms with E-state index in [9.17, 15) is 23.6 Å². The zero-order valence-corrected chi connectivity index (χ0v) is 22.7. The van der Waals surface area contributed by atoms with Crippen LogP contribution in [-0.4, -0.2) is 60.1 Å². The van der Waals surface area contributed by atoms with Crippen molar-refractivity contribution in [3.8, 4) is 0 Å². The predicted octanol–water partition coefficient (Wildman–Crippen LogP) is 2.94. The molecule has 4 N–H and O–H groups in total. The number of nitrogens with zero attached hydrogens (tertiary/aromatic N) is 2. The first-order chi connectivity index (χ1) is 17.9. The number of Topliss-reactive ketones (excluding diaryl/α,β-unsaturated/α-hetero) is 2. The van der Waals surface area contributed by atoms with Crippen molar-refractivity contribution in [1.29, 1.82) is 0 Å². The van der Waals surface area contributed by atoms with Crippen LogP contribution in [0, 0.1) is 17.3 Å². The molecule has 9 nitrogen and oxygen atoms in total. The van der Waals surface area contributed by atoms with Crippen molar-refractivity contribution in [2.45, 2.75) is 71.9 Å². The van der Waals surface area contributed by atoms with E-state index in [2.05, 4.69) is 4.99 Å². The number of rotatable bonds is 14. The number of carbonyl (C=O) groups excluding carboxylic acids is 4. The normalized spacial score (nSPS) is 16.9. The lowest BCUT2D eigenvalue weighted by atomic mass is 9.77. The van der Waals surface area contributed by atoms with E-state index in [1.807, 2.05) is 51.1 Å². The van der Waals surface area contributed by atoms with Gasteiger partial charge in [-0.15, -0.1) is 0 Å². The molecule has 1 aliphatic rings. The van der Waals surface area contributed by atoms with Crippen LogP contribution in [0.3, 0.4) is 0 Å². The van der Waals surface area contributed by atoms with Gasteiger partial charge in [-0.3, -0.25) is 24.2 Å². The molecule has 0 bridgehead atoms. The molecule has 10 heteroatoms. The van der Waals surface area contributed by atoms with Gasteiger partial charge in [0.2, 0.25) is 5.91 Å². The SMILES string of the molecule is CC(C)(C)[C@H](CC(=O)OCc1ccccc1)C(=O)N1CCC[C@H]1C(=O)C[C@@H](CCCN=C(N)N)C(=O)CF. The van der Waals surface area contributed by atoms with Crippen LogP contribution in [0.5, 0.6) is 0 Å². The van der Waals surface area contributed by atoms with Crippen molar-refractivity contribution >= 4 is 29.4 Å². The summed E-state index contributed by atoms with van der Waals surface area (Å²) in [4.78, 5) is 57.2. The fourth-order valence-corrected chi connectivity index (χ4v) is 4.70. The Morgan fingerprint density at radius 2 is 1.82 bits per heavy atom. The second kappa shape index (κ2) is 14.6. The number of ketones is 2. The third-order valence-corrected chi connectivity index (χ3v) is 6.90. The lowest BCUT2D eigenvalue weighted by Gasteiger charge is -2.34. The van der Waals surface area contributed by atoms with Gasteiger partial charge in [0.05, 0.1) is 18.4 Å². The van der Waals surface area contributed by atoms with Crippen molar-refractivity contribution in [2.24, 2.45) is 33.7 Å². The van der Waals surface area contributed by atoms with E-state index in [1.54, 1.807) is 0 Å².